The van der Waals surface area contributed by atoms with Crippen LogP contribution in [0.15, 0.2) is 12.1 Å². The number of anilines is 1. The number of rotatable bonds is 2. The number of aliphatic hydroxyl groups excluding tert-OH is 1. The molecule has 0 saturated carbocycles. The summed E-state index contributed by atoms with van der Waals surface area (Å²) in [6.45, 7) is 2.02. The van der Waals surface area contributed by atoms with Crippen LogP contribution in [0.5, 0.6) is 11.5 Å². The summed E-state index contributed by atoms with van der Waals surface area (Å²) in [6.07, 6.45) is 4.02. The lowest BCUT2D eigenvalue weighted by Gasteiger charge is -2.37. The topological polar surface area (TPSA) is 68.0 Å². The second kappa shape index (κ2) is 5.07. The third-order valence-corrected chi connectivity index (χ3v) is 5.02. The van der Waals surface area contributed by atoms with Crippen molar-refractivity contribution in [2.45, 2.75) is 50.4 Å². The second-order valence-corrected chi connectivity index (χ2v) is 6.38. The van der Waals surface area contributed by atoms with Crippen LogP contribution in [0.4, 0.5) is 5.69 Å². The van der Waals surface area contributed by atoms with Crippen molar-refractivity contribution >= 4 is 5.69 Å². The van der Waals surface area contributed by atoms with Crippen LogP contribution < -0.4 is 15.2 Å². The Morgan fingerprint density at radius 3 is 2.38 bits per heavy atom. The number of nitrogens with zero attached hydrogens (tertiary/aromatic N) is 1. The van der Waals surface area contributed by atoms with E-state index in [1.54, 1.807) is 0 Å². The average molecular weight is 290 g/mol. The lowest BCUT2D eigenvalue weighted by Crippen LogP contribution is -2.44. The van der Waals surface area contributed by atoms with E-state index in [1.807, 2.05) is 12.1 Å². The summed E-state index contributed by atoms with van der Waals surface area (Å²) < 4.78 is 11.2. The molecule has 3 N–H and O–H groups in total. The number of aliphatic hydroxyl groups is 1. The van der Waals surface area contributed by atoms with Gasteiger partial charge in [0.1, 0.15) is 13.2 Å². The van der Waals surface area contributed by atoms with Crippen molar-refractivity contribution in [3.8, 4) is 11.5 Å². The fraction of sp³-hybridized carbons (Fsp3) is 0.625. The zero-order valence-electron chi connectivity index (χ0n) is 12.1. The van der Waals surface area contributed by atoms with Gasteiger partial charge in [-0.05, 0) is 37.3 Å². The number of fused-ring (bicyclic) bond motifs is 3. The van der Waals surface area contributed by atoms with E-state index in [4.69, 9.17) is 15.2 Å². The summed E-state index contributed by atoms with van der Waals surface area (Å²) in [4.78, 5) is 2.51. The van der Waals surface area contributed by atoms with Gasteiger partial charge in [0.2, 0.25) is 0 Å². The first-order chi connectivity index (χ1) is 10.2. The average Bonchev–Trinajstić information content (AvgIpc) is 2.70. The van der Waals surface area contributed by atoms with Crippen LogP contribution >= 0.6 is 0 Å². The summed E-state index contributed by atoms with van der Waals surface area (Å²) in [6, 6.07) is 4.89. The number of piperidine rings is 1. The van der Waals surface area contributed by atoms with Crippen molar-refractivity contribution in [3.63, 3.8) is 0 Å². The molecule has 5 heteroatoms. The van der Waals surface area contributed by atoms with Crippen molar-refractivity contribution in [1.82, 2.24) is 4.90 Å². The molecule has 2 unspecified atom stereocenters. The molecule has 114 valence electrons. The smallest absolute Gasteiger partial charge is 0.163 e. The summed E-state index contributed by atoms with van der Waals surface area (Å²) in [5, 5.41) is 9.90. The minimum Gasteiger partial charge on any atom is -0.486 e. The highest BCUT2D eigenvalue weighted by molar-refractivity contribution is 5.58. The molecule has 0 aromatic heterocycles. The van der Waals surface area contributed by atoms with Gasteiger partial charge < -0.3 is 20.3 Å². The highest BCUT2D eigenvalue weighted by Crippen LogP contribution is 2.39. The van der Waals surface area contributed by atoms with Gasteiger partial charge in [-0.3, -0.25) is 4.90 Å². The van der Waals surface area contributed by atoms with Gasteiger partial charge in [-0.2, -0.15) is 0 Å². The van der Waals surface area contributed by atoms with E-state index in [0.29, 0.717) is 25.3 Å². The first kappa shape index (κ1) is 13.2. The molecule has 2 saturated heterocycles. The largest absolute Gasteiger partial charge is 0.486 e. The SMILES string of the molecule is Nc1cc2c(cc1CN1C3CCC1CC(O)C3)OCCO2. The van der Waals surface area contributed by atoms with E-state index >= 15 is 0 Å². The zero-order valence-corrected chi connectivity index (χ0v) is 12.1. The van der Waals surface area contributed by atoms with Crippen molar-refractivity contribution in [2.75, 3.05) is 18.9 Å². The van der Waals surface area contributed by atoms with Crippen molar-refractivity contribution in [1.29, 1.82) is 0 Å². The van der Waals surface area contributed by atoms with Crippen LogP contribution in [0.25, 0.3) is 0 Å². The maximum atomic E-state index is 9.90. The predicted molar refractivity (Wildman–Crippen MR) is 79.4 cm³/mol. The Balaban J connectivity index is 1.57. The third kappa shape index (κ3) is 2.34. The summed E-state index contributed by atoms with van der Waals surface area (Å²) in [7, 11) is 0. The molecule has 2 bridgehead atoms. The maximum Gasteiger partial charge on any atom is 0.163 e. The van der Waals surface area contributed by atoms with Crippen molar-refractivity contribution in [3.05, 3.63) is 17.7 Å². The Morgan fingerprint density at radius 2 is 1.71 bits per heavy atom. The quantitative estimate of drug-likeness (QED) is 0.809. The number of ether oxygens (including phenoxy) is 2. The van der Waals surface area contributed by atoms with Gasteiger partial charge >= 0.3 is 0 Å². The summed E-state index contributed by atoms with van der Waals surface area (Å²) in [5.74, 6) is 1.55. The lowest BCUT2D eigenvalue weighted by molar-refractivity contribution is 0.0310. The molecular formula is C16H22N2O3. The highest BCUT2D eigenvalue weighted by atomic mass is 16.6. The Morgan fingerprint density at radius 1 is 1.10 bits per heavy atom. The van der Waals surface area contributed by atoms with Crippen molar-refractivity contribution < 1.29 is 14.6 Å². The Kier molecular flexibility index (Phi) is 3.19. The number of nitrogen functional groups attached to an aromatic ring is 1. The Bertz CT molecular complexity index is 535. The zero-order chi connectivity index (χ0) is 14.4. The maximum absolute atomic E-state index is 9.90. The summed E-state index contributed by atoms with van der Waals surface area (Å²) in [5.41, 5.74) is 8.06. The van der Waals surface area contributed by atoms with Gasteiger partial charge in [-0.15, -0.1) is 0 Å². The molecule has 2 fully saturated rings. The van der Waals surface area contributed by atoms with E-state index in [0.717, 1.165) is 42.1 Å². The van der Waals surface area contributed by atoms with Crippen LogP contribution in [0, 0.1) is 0 Å². The van der Waals surface area contributed by atoms with Crippen LogP contribution in [0.2, 0.25) is 0 Å². The Hall–Kier alpha value is -1.46. The molecule has 0 spiro atoms. The van der Waals surface area contributed by atoms with Gasteiger partial charge in [0.15, 0.2) is 11.5 Å². The predicted octanol–water partition coefficient (Wildman–Crippen LogP) is 1.53. The molecule has 0 radical (unpaired) electrons. The third-order valence-electron chi connectivity index (χ3n) is 5.02. The minimum absolute atomic E-state index is 0.128. The molecule has 4 rings (SSSR count). The van der Waals surface area contributed by atoms with Gasteiger partial charge in [0, 0.05) is 30.4 Å². The summed E-state index contributed by atoms with van der Waals surface area (Å²) >= 11 is 0. The first-order valence-corrected chi connectivity index (χ1v) is 7.82. The van der Waals surface area contributed by atoms with Gasteiger partial charge in [-0.25, -0.2) is 0 Å². The molecule has 2 atom stereocenters. The normalized spacial score (nSPS) is 31.4. The molecule has 1 aromatic carbocycles. The monoisotopic (exact) mass is 290 g/mol. The van der Waals surface area contributed by atoms with Gasteiger partial charge in [-0.1, -0.05) is 0 Å². The van der Waals surface area contributed by atoms with Crippen molar-refractivity contribution in [2.24, 2.45) is 0 Å². The minimum atomic E-state index is -0.128. The molecule has 21 heavy (non-hydrogen) atoms. The lowest BCUT2D eigenvalue weighted by atomic mass is 9.98. The molecule has 0 amide bonds. The van der Waals surface area contributed by atoms with E-state index in [2.05, 4.69) is 4.90 Å². The standard InChI is InChI=1S/C16H22N2O3/c17-14-8-16-15(20-3-4-21-16)5-10(14)9-18-11-1-2-12(18)7-13(19)6-11/h5,8,11-13,19H,1-4,6-7,9,17H2. The Labute approximate surface area is 124 Å². The van der Waals surface area contributed by atoms with Crippen LogP contribution in [0.1, 0.15) is 31.2 Å². The van der Waals surface area contributed by atoms with E-state index < -0.39 is 0 Å². The highest BCUT2D eigenvalue weighted by Gasteiger charge is 2.40. The molecule has 3 aliphatic heterocycles. The molecule has 0 aliphatic carbocycles. The molecule has 3 aliphatic rings. The second-order valence-electron chi connectivity index (χ2n) is 6.38. The fourth-order valence-electron chi connectivity index (χ4n) is 3.98. The van der Waals surface area contributed by atoms with Gasteiger partial charge in [0.05, 0.1) is 6.10 Å². The number of nitrogens with two attached hydrogens (primary N) is 1. The van der Waals surface area contributed by atoms with E-state index in [9.17, 15) is 5.11 Å². The van der Waals surface area contributed by atoms with Gasteiger partial charge in [0.25, 0.3) is 0 Å². The van der Waals surface area contributed by atoms with Crippen LogP contribution in [-0.4, -0.2) is 41.4 Å². The number of benzene rings is 1. The first-order valence-electron chi connectivity index (χ1n) is 7.82. The fourth-order valence-corrected chi connectivity index (χ4v) is 3.98. The number of hydrogen-bond donors (Lipinski definition) is 2. The van der Waals surface area contributed by atoms with Crippen LogP contribution in [-0.2, 0) is 6.54 Å². The molecule has 3 heterocycles. The number of hydrogen-bond acceptors (Lipinski definition) is 5. The van der Waals surface area contributed by atoms with E-state index in [-0.39, 0.29) is 6.10 Å². The van der Waals surface area contributed by atoms with E-state index in [1.165, 1.54) is 12.8 Å². The molecule has 1 aromatic rings. The molecule has 5 nitrogen and oxygen atoms in total. The van der Waals surface area contributed by atoms with Crippen LogP contribution in [0.3, 0.4) is 0 Å². The molecular weight excluding hydrogens is 268 g/mol.